The van der Waals surface area contributed by atoms with E-state index in [-0.39, 0.29) is 0 Å². The minimum absolute atomic E-state index is 0.416. The fourth-order valence-corrected chi connectivity index (χ4v) is 2.60. The summed E-state index contributed by atoms with van der Waals surface area (Å²) in [5.41, 5.74) is 8.66. The van der Waals surface area contributed by atoms with E-state index in [1.807, 2.05) is 66.7 Å². The van der Waals surface area contributed by atoms with Gasteiger partial charge >= 0.3 is 0 Å². The van der Waals surface area contributed by atoms with E-state index in [0.717, 1.165) is 22.4 Å². The van der Waals surface area contributed by atoms with E-state index in [9.17, 15) is 4.79 Å². The van der Waals surface area contributed by atoms with Gasteiger partial charge < -0.3 is 15.2 Å². The molecule has 4 heteroatoms. The summed E-state index contributed by atoms with van der Waals surface area (Å²) in [6.45, 7) is 0.428. The van der Waals surface area contributed by atoms with Gasteiger partial charge in [0, 0.05) is 0 Å². The Bertz CT molecular complexity index is 875. The second-order valence-corrected chi connectivity index (χ2v) is 5.58. The van der Waals surface area contributed by atoms with Crippen LogP contribution in [0.1, 0.15) is 15.9 Å². The Balaban J connectivity index is 1.89. The third-order valence-electron chi connectivity index (χ3n) is 3.89. The number of nitrogens with two attached hydrogens (primary N) is 1. The van der Waals surface area contributed by atoms with Crippen molar-refractivity contribution < 1.29 is 14.3 Å². The minimum atomic E-state index is -0.497. The standard InChI is InChI=1S/C21H19NO3/c1-24-17-9-5-8-16(12-17)19-11-10-18(13-20(19)21(22)23)25-14-15-6-3-2-4-7-15/h2-13H,14H2,1H3,(H2,22,23). The third-order valence-corrected chi connectivity index (χ3v) is 3.89. The Morgan fingerprint density at radius 3 is 2.44 bits per heavy atom. The lowest BCUT2D eigenvalue weighted by Gasteiger charge is -2.12. The Hall–Kier alpha value is -3.27. The maximum atomic E-state index is 11.9. The molecular formula is C21H19NO3. The Kier molecular flexibility index (Phi) is 5.00. The molecule has 0 fully saturated rings. The molecule has 0 aliphatic carbocycles. The molecule has 0 heterocycles. The number of benzene rings is 3. The maximum Gasteiger partial charge on any atom is 0.249 e. The summed E-state index contributed by atoms with van der Waals surface area (Å²) in [6, 6.07) is 22.7. The van der Waals surface area contributed by atoms with Crippen LogP contribution in [0.2, 0.25) is 0 Å². The van der Waals surface area contributed by atoms with Gasteiger partial charge in [-0.05, 0) is 47.0 Å². The number of methoxy groups -OCH3 is 1. The Labute approximate surface area is 146 Å². The molecule has 0 aliphatic heterocycles. The van der Waals surface area contributed by atoms with Gasteiger partial charge in [-0.15, -0.1) is 0 Å². The average molecular weight is 333 g/mol. The first-order valence-corrected chi connectivity index (χ1v) is 7.92. The topological polar surface area (TPSA) is 61.6 Å². The van der Waals surface area contributed by atoms with Crippen molar-refractivity contribution in [2.45, 2.75) is 6.61 Å². The molecule has 0 unspecified atom stereocenters. The molecule has 0 atom stereocenters. The molecule has 0 saturated heterocycles. The van der Waals surface area contributed by atoms with Crippen LogP contribution in [0, 0.1) is 0 Å². The first kappa shape index (κ1) is 16.6. The Morgan fingerprint density at radius 1 is 0.920 bits per heavy atom. The minimum Gasteiger partial charge on any atom is -0.497 e. The summed E-state index contributed by atoms with van der Waals surface area (Å²) in [4.78, 5) is 11.9. The molecule has 126 valence electrons. The molecule has 1 amide bonds. The second kappa shape index (κ2) is 7.53. The number of primary amides is 1. The van der Waals surface area contributed by atoms with Crippen molar-refractivity contribution in [1.29, 1.82) is 0 Å². The lowest BCUT2D eigenvalue weighted by molar-refractivity contribution is 0.100. The predicted octanol–water partition coefficient (Wildman–Crippen LogP) is 4.04. The molecule has 3 aromatic rings. The molecule has 2 N–H and O–H groups in total. The third kappa shape index (κ3) is 3.98. The van der Waals surface area contributed by atoms with Crippen LogP contribution in [0.15, 0.2) is 72.8 Å². The zero-order chi connectivity index (χ0) is 17.6. The van der Waals surface area contributed by atoms with Crippen LogP contribution in [-0.4, -0.2) is 13.0 Å². The summed E-state index contributed by atoms with van der Waals surface area (Å²) in [6.07, 6.45) is 0. The van der Waals surface area contributed by atoms with E-state index in [2.05, 4.69) is 0 Å². The molecule has 3 aromatic carbocycles. The summed E-state index contributed by atoms with van der Waals surface area (Å²) in [7, 11) is 1.61. The van der Waals surface area contributed by atoms with Crippen molar-refractivity contribution >= 4 is 5.91 Å². The summed E-state index contributed by atoms with van der Waals surface area (Å²) in [5.74, 6) is 0.824. The fourth-order valence-electron chi connectivity index (χ4n) is 2.60. The fraction of sp³-hybridized carbons (Fsp3) is 0.0952. The number of hydrogen-bond donors (Lipinski definition) is 1. The van der Waals surface area contributed by atoms with Crippen molar-refractivity contribution in [3.8, 4) is 22.6 Å². The molecule has 3 rings (SSSR count). The zero-order valence-corrected chi connectivity index (χ0v) is 13.9. The van der Waals surface area contributed by atoms with Gasteiger partial charge in [-0.25, -0.2) is 0 Å². The van der Waals surface area contributed by atoms with E-state index >= 15 is 0 Å². The first-order chi connectivity index (χ1) is 12.2. The predicted molar refractivity (Wildman–Crippen MR) is 97.7 cm³/mol. The lowest BCUT2D eigenvalue weighted by Crippen LogP contribution is -2.12. The molecule has 0 saturated carbocycles. The van der Waals surface area contributed by atoms with Crippen LogP contribution in [0.5, 0.6) is 11.5 Å². The highest BCUT2D eigenvalue weighted by Gasteiger charge is 2.12. The van der Waals surface area contributed by atoms with Crippen LogP contribution in [0.3, 0.4) is 0 Å². The van der Waals surface area contributed by atoms with Gasteiger partial charge in [0.2, 0.25) is 5.91 Å². The maximum absolute atomic E-state index is 11.9. The SMILES string of the molecule is COc1cccc(-c2ccc(OCc3ccccc3)cc2C(N)=O)c1. The average Bonchev–Trinajstić information content (AvgIpc) is 2.67. The van der Waals surface area contributed by atoms with E-state index in [4.69, 9.17) is 15.2 Å². The summed E-state index contributed by atoms with van der Waals surface area (Å²) >= 11 is 0. The first-order valence-electron chi connectivity index (χ1n) is 7.92. The lowest BCUT2D eigenvalue weighted by atomic mass is 9.98. The van der Waals surface area contributed by atoms with Crippen molar-refractivity contribution in [2.75, 3.05) is 7.11 Å². The Morgan fingerprint density at radius 2 is 1.72 bits per heavy atom. The normalized spacial score (nSPS) is 10.3. The van der Waals surface area contributed by atoms with E-state index in [1.54, 1.807) is 13.2 Å². The van der Waals surface area contributed by atoms with Gasteiger partial charge in [0.25, 0.3) is 0 Å². The van der Waals surface area contributed by atoms with Crippen LogP contribution >= 0.6 is 0 Å². The number of ether oxygens (including phenoxy) is 2. The van der Waals surface area contributed by atoms with Crippen molar-refractivity contribution in [3.63, 3.8) is 0 Å². The van der Waals surface area contributed by atoms with E-state index < -0.39 is 5.91 Å². The highest BCUT2D eigenvalue weighted by Crippen LogP contribution is 2.30. The number of carbonyl (C=O) groups excluding carboxylic acids is 1. The van der Waals surface area contributed by atoms with Gasteiger partial charge in [-0.1, -0.05) is 42.5 Å². The van der Waals surface area contributed by atoms with Crippen LogP contribution in [0.4, 0.5) is 0 Å². The van der Waals surface area contributed by atoms with Gasteiger partial charge in [-0.3, -0.25) is 4.79 Å². The van der Waals surface area contributed by atoms with Crippen LogP contribution < -0.4 is 15.2 Å². The van der Waals surface area contributed by atoms with E-state index in [0.29, 0.717) is 17.9 Å². The number of amides is 1. The molecule has 0 aromatic heterocycles. The largest absolute Gasteiger partial charge is 0.497 e. The number of hydrogen-bond acceptors (Lipinski definition) is 3. The number of carbonyl (C=O) groups is 1. The van der Waals surface area contributed by atoms with Crippen molar-refractivity contribution in [1.82, 2.24) is 0 Å². The van der Waals surface area contributed by atoms with Crippen molar-refractivity contribution in [3.05, 3.63) is 83.9 Å². The quantitative estimate of drug-likeness (QED) is 0.740. The molecule has 0 radical (unpaired) electrons. The molecule has 25 heavy (non-hydrogen) atoms. The summed E-state index contributed by atoms with van der Waals surface area (Å²) in [5, 5.41) is 0. The molecular weight excluding hydrogens is 314 g/mol. The summed E-state index contributed by atoms with van der Waals surface area (Å²) < 4.78 is 11.0. The zero-order valence-electron chi connectivity index (χ0n) is 13.9. The van der Waals surface area contributed by atoms with Gasteiger partial charge in [0.15, 0.2) is 0 Å². The van der Waals surface area contributed by atoms with Gasteiger partial charge in [0.1, 0.15) is 18.1 Å². The molecule has 0 spiro atoms. The molecule has 4 nitrogen and oxygen atoms in total. The second-order valence-electron chi connectivity index (χ2n) is 5.58. The number of rotatable bonds is 6. The van der Waals surface area contributed by atoms with Crippen molar-refractivity contribution in [2.24, 2.45) is 5.73 Å². The van der Waals surface area contributed by atoms with Gasteiger partial charge in [-0.2, -0.15) is 0 Å². The smallest absolute Gasteiger partial charge is 0.249 e. The molecule has 0 bridgehead atoms. The van der Waals surface area contributed by atoms with Gasteiger partial charge in [0.05, 0.1) is 12.7 Å². The van der Waals surface area contributed by atoms with Crippen LogP contribution in [0.25, 0.3) is 11.1 Å². The molecule has 0 aliphatic rings. The van der Waals surface area contributed by atoms with E-state index in [1.165, 1.54) is 0 Å². The highest BCUT2D eigenvalue weighted by molar-refractivity contribution is 6.00. The monoisotopic (exact) mass is 333 g/mol. The van der Waals surface area contributed by atoms with Crippen LogP contribution in [-0.2, 0) is 6.61 Å². The highest BCUT2D eigenvalue weighted by atomic mass is 16.5.